The average Bonchev–Trinajstić information content (AvgIpc) is 2.75. The third-order valence-corrected chi connectivity index (χ3v) is 5.09. The highest BCUT2D eigenvalue weighted by Gasteiger charge is 2.28. The minimum absolute atomic E-state index is 0.0422. The van der Waals surface area contributed by atoms with Crippen LogP contribution in [0.3, 0.4) is 0 Å². The molecule has 0 heterocycles. The lowest BCUT2D eigenvalue weighted by Gasteiger charge is -2.19. The normalized spacial score (nSPS) is 12.3. The van der Waals surface area contributed by atoms with Crippen LogP contribution in [0.2, 0.25) is 0 Å². The molecule has 0 aliphatic heterocycles. The Bertz CT molecular complexity index is 722. The number of carbonyl (C=O) groups is 4. The van der Waals surface area contributed by atoms with Gasteiger partial charge in [-0.25, -0.2) is 14.4 Å². The van der Waals surface area contributed by atoms with Gasteiger partial charge in [-0.1, -0.05) is 29.8 Å². The molecule has 0 radical (unpaired) electrons. The lowest BCUT2D eigenvalue weighted by molar-refractivity contribution is -0.149. The predicted octanol–water partition coefficient (Wildman–Crippen LogP) is 1.99. The van der Waals surface area contributed by atoms with Gasteiger partial charge in [0, 0.05) is 17.9 Å². The Morgan fingerprint density at radius 2 is 1.60 bits per heavy atom. The molecule has 0 saturated carbocycles. The van der Waals surface area contributed by atoms with Crippen LogP contribution in [0.1, 0.15) is 24.0 Å². The van der Waals surface area contributed by atoms with E-state index in [0.717, 1.165) is 18.2 Å². The molecule has 10 heteroatoms. The zero-order valence-corrected chi connectivity index (χ0v) is 18.3. The first-order valence-corrected chi connectivity index (χ1v) is 10.3. The molecule has 1 N–H and O–H groups in total. The zero-order valence-electron chi connectivity index (χ0n) is 17.5. The summed E-state index contributed by atoms with van der Waals surface area (Å²) in [4.78, 5) is 47.3. The largest absolute Gasteiger partial charge is 0.469 e. The number of methoxy groups -OCH3 is 3. The maximum atomic E-state index is 12.2. The topological polar surface area (TPSA) is 117 Å². The third kappa shape index (κ3) is 9.17. The predicted molar refractivity (Wildman–Crippen MR) is 110 cm³/mol. The lowest BCUT2D eigenvalue weighted by atomic mass is 10.1. The third-order valence-electron chi connectivity index (χ3n) is 4.01. The first-order valence-electron chi connectivity index (χ1n) is 9.13. The minimum atomic E-state index is -1.16. The van der Waals surface area contributed by atoms with Gasteiger partial charge in [-0.2, -0.15) is 11.8 Å². The van der Waals surface area contributed by atoms with E-state index in [2.05, 4.69) is 19.5 Å². The molecule has 0 unspecified atom stereocenters. The summed E-state index contributed by atoms with van der Waals surface area (Å²) in [6.07, 6.45) is -2.31. The lowest BCUT2D eigenvalue weighted by Crippen LogP contribution is -2.44. The number of amides is 1. The van der Waals surface area contributed by atoms with Gasteiger partial charge in [0.1, 0.15) is 6.04 Å². The van der Waals surface area contributed by atoms with Crippen molar-refractivity contribution in [1.82, 2.24) is 5.32 Å². The van der Waals surface area contributed by atoms with Crippen LogP contribution in [0, 0.1) is 6.92 Å². The van der Waals surface area contributed by atoms with Crippen molar-refractivity contribution in [3.63, 3.8) is 0 Å². The van der Waals surface area contributed by atoms with Gasteiger partial charge in [-0.3, -0.25) is 4.79 Å². The van der Waals surface area contributed by atoms with Gasteiger partial charge in [0.2, 0.25) is 6.10 Å². The molecule has 1 rings (SSSR count). The van der Waals surface area contributed by atoms with Crippen LogP contribution in [-0.4, -0.2) is 63.2 Å². The summed E-state index contributed by atoms with van der Waals surface area (Å²) in [5.41, 5.74) is 2.20. The van der Waals surface area contributed by atoms with E-state index < -0.39 is 36.1 Å². The van der Waals surface area contributed by atoms with Crippen molar-refractivity contribution in [2.45, 2.75) is 37.7 Å². The monoisotopic (exact) mass is 441 g/mol. The molecule has 0 aromatic heterocycles. The van der Waals surface area contributed by atoms with Gasteiger partial charge in [0.05, 0.1) is 21.3 Å². The first-order chi connectivity index (χ1) is 14.3. The summed E-state index contributed by atoms with van der Waals surface area (Å²) in [5, 5.41) is 2.31. The highest BCUT2D eigenvalue weighted by Crippen LogP contribution is 2.16. The molecule has 0 spiro atoms. The van der Waals surface area contributed by atoms with Crippen LogP contribution in [-0.2, 0) is 39.1 Å². The second-order valence-electron chi connectivity index (χ2n) is 6.25. The van der Waals surface area contributed by atoms with E-state index in [1.165, 1.54) is 26.0 Å². The van der Waals surface area contributed by atoms with Gasteiger partial charge < -0.3 is 24.3 Å². The van der Waals surface area contributed by atoms with Crippen LogP contribution in [0.15, 0.2) is 24.3 Å². The number of hydrogen-bond acceptors (Lipinski definition) is 9. The van der Waals surface area contributed by atoms with Gasteiger partial charge in [0.15, 0.2) is 0 Å². The van der Waals surface area contributed by atoms with E-state index in [0.29, 0.717) is 5.75 Å². The Balaban J connectivity index is 2.64. The van der Waals surface area contributed by atoms with E-state index in [9.17, 15) is 19.2 Å². The molecule has 0 saturated heterocycles. The molecule has 166 valence electrons. The quantitative estimate of drug-likeness (QED) is 0.406. The zero-order chi connectivity index (χ0) is 22.5. The number of thioether (sulfide) groups is 1. The SMILES string of the molecule is COC(=O)CC[C@H](NC(=O)O[C@@H](CSCc1ccc(C)cc1)C(=O)OC)C(=O)OC. The van der Waals surface area contributed by atoms with E-state index in [1.54, 1.807) is 0 Å². The molecule has 0 aliphatic carbocycles. The van der Waals surface area contributed by atoms with Gasteiger partial charge >= 0.3 is 24.0 Å². The first kappa shape index (κ1) is 25.3. The Kier molecular flexibility index (Phi) is 11.4. The van der Waals surface area contributed by atoms with E-state index >= 15 is 0 Å². The highest BCUT2D eigenvalue weighted by molar-refractivity contribution is 7.98. The summed E-state index contributed by atoms with van der Waals surface area (Å²) in [7, 11) is 3.56. The van der Waals surface area contributed by atoms with Crippen molar-refractivity contribution >= 4 is 35.8 Å². The van der Waals surface area contributed by atoms with Crippen LogP contribution < -0.4 is 5.32 Å². The van der Waals surface area contributed by atoms with Gasteiger partial charge in [-0.05, 0) is 18.9 Å². The van der Waals surface area contributed by atoms with Crippen LogP contribution in [0.25, 0.3) is 0 Å². The second kappa shape index (κ2) is 13.5. The molecule has 9 nitrogen and oxygen atoms in total. The van der Waals surface area contributed by atoms with Crippen LogP contribution in [0.4, 0.5) is 4.79 Å². The van der Waals surface area contributed by atoms with Crippen LogP contribution in [0.5, 0.6) is 0 Å². The Morgan fingerprint density at radius 1 is 0.967 bits per heavy atom. The molecule has 1 aromatic carbocycles. The maximum absolute atomic E-state index is 12.2. The average molecular weight is 442 g/mol. The summed E-state index contributed by atoms with van der Waals surface area (Å²) < 4.78 is 19.0. The molecule has 1 amide bonds. The highest BCUT2D eigenvalue weighted by atomic mass is 32.2. The smallest absolute Gasteiger partial charge is 0.408 e. The molecule has 1 aromatic rings. The van der Waals surface area contributed by atoms with E-state index in [1.807, 2.05) is 31.2 Å². The van der Waals surface area contributed by atoms with Crippen molar-refractivity contribution < 1.29 is 38.1 Å². The fraction of sp³-hybridized carbons (Fsp3) is 0.500. The Morgan fingerprint density at radius 3 is 2.17 bits per heavy atom. The van der Waals surface area contributed by atoms with Crippen molar-refractivity contribution in [1.29, 1.82) is 0 Å². The number of esters is 3. The summed E-state index contributed by atoms with van der Waals surface area (Å²) in [6.45, 7) is 1.99. The number of nitrogens with one attached hydrogen (secondary N) is 1. The summed E-state index contributed by atoms with van der Waals surface area (Å²) in [6, 6.07) is 6.80. The molecular weight excluding hydrogens is 414 g/mol. The number of benzene rings is 1. The molecule has 2 atom stereocenters. The van der Waals surface area contributed by atoms with Crippen LogP contribution >= 0.6 is 11.8 Å². The number of rotatable bonds is 11. The fourth-order valence-electron chi connectivity index (χ4n) is 2.31. The molecule has 0 fully saturated rings. The number of hydrogen-bond donors (Lipinski definition) is 1. The van der Waals surface area contributed by atoms with E-state index in [-0.39, 0.29) is 18.6 Å². The standard InChI is InChI=1S/C20H27NO8S/c1-13-5-7-14(8-6-13)11-30-12-16(19(24)28-4)29-20(25)21-15(18(23)27-3)9-10-17(22)26-2/h5-8,15-16H,9-12H2,1-4H3,(H,21,25)/t15-,16-/m0/s1. The minimum Gasteiger partial charge on any atom is -0.469 e. The number of aryl methyl sites for hydroxylation is 1. The van der Waals surface area contributed by atoms with Crippen molar-refractivity contribution in [3.8, 4) is 0 Å². The number of alkyl carbamates (subject to hydrolysis) is 1. The molecular formula is C20H27NO8S. The molecule has 0 bridgehead atoms. The molecule has 0 aliphatic rings. The second-order valence-corrected chi connectivity index (χ2v) is 7.28. The Labute approximate surface area is 179 Å². The Hall–Kier alpha value is -2.75. The van der Waals surface area contributed by atoms with Crippen molar-refractivity contribution in [3.05, 3.63) is 35.4 Å². The van der Waals surface area contributed by atoms with Crippen molar-refractivity contribution in [2.75, 3.05) is 27.1 Å². The summed E-state index contributed by atoms with van der Waals surface area (Å²) in [5.74, 6) is -1.23. The van der Waals surface area contributed by atoms with Gasteiger partial charge in [0.25, 0.3) is 0 Å². The maximum Gasteiger partial charge on any atom is 0.408 e. The van der Waals surface area contributed by atoms with E-state index in [4.69, 9.17) is 4.74 Å². The van der Waals surface area contributed by atoms with Crippen molar-refractivity contribution in [2.24, 2.45) is 0 Å². The summed E-state index contributed by atoms with van der Waals surface area (Å²) >= 11 is 1.39. The number of carbonyl (C=O) groups excluding carboxylic acids is 4. The molecule has 30 heavy (non-hydrogen) atoms. The fourth-order valence-corrected chi connectivity index (χ4v) is 3.27. The van der Waals surface area contributed by atoms with Gasteiger partial charge in [-0.15, -0.1) is 0 Å². The number of ether oxygens (including phenoxy) is 4.